The summed E-state index contributed by atoms with van der Waals surface area (Å²) in [6.07, 6.45) is 4.15. The largest absolute Gasteiger partial charge is 0.313 e. The topological polar surface area (TPSA) is 52.7 Å². The smallest absolute Gasteiger partial charge is 0.281 e. The summed E-state index contributed by atoms with van der Waals surface area (Å²) in [6, 6.07) is 0.321. The lowest BCUT2D eigenvalue weighted by molar-refractivity contribution is 0.340. The van der Waals surface area contributed by atoms with E-state index in [0.717, 1.165) is 32.2 Å². The van der Waals surface area contributed by atoms with Gasteiger partial charge in [-0.3, -0.25) is 0 Å². The first-order chi connectivity index (χ1) is 7.98. The van der Waals surface area contributed by atoms with Crippen LogP contribution < -0.4 is 5.32 Å². The molecule has 1 N–H and O–H groups in total. The minimum Gasteiger partial charge on any atom is -0.313 e. The molecule has 0 bridgehead atoms. The Kier molecular flexibility index (Phi) is 5.85. The molecule has 17 heavy (non-hydrogen) atoms. The first-order valence-electron chi connectivity index (χ1n) is 6.39. The highest BCUT2D eigenvalue weighted by Crippen LogP contribution is 2.12. The number of nitrogens with zero attached hydrogens (tertiary/aromatic N) is 2. The highest BCUT2D eigenvalue weighted by atomic mass is 32.2. The molecule has 1 aliphatic rings. The van der Waals surface area contributed by atoms with Crippen molar-refractivity contribution in [3.8, 4) is 0 Å². The van der Waals surface area contributed by atoms with Crippen molar-refractivity contribution in [1.29, 1.82) is 0 Å². The second-order valence-corrected chi connectivity index (χ2v) is 6.94. The molecule has 0 amide bonds. The summed E-state index contributed by atoms with van der Waals surface area (Å²) in [5.41, 5.74) is 0. The van der Waals surface area contributed by atoms with Gasteiger partial charge in [-0.25, -0.2) is 0 Å². The Hall–Kier alpha value is -0.170. The van der Waals surface area contributed by atoms with Crippen LogP contribution in [0.5, 0.6) is 0 Å². The second-order valence-electron chi connectivity index (χ2n) is 4.80. The van der Waals surface area contributed by atoms with E-state index in [2.05, 4.69) is 12.2 Å². The Bertz CT molecular complexity index is 311. The zero-order chi connectivity index (χ0) is 12.9. The quantitative estimate of drug-likeness (QED) is 0.733. The highest BCUT2D eigenvalue weighted by Gasteiger charge is 2.27. The van der Waals surface area contributed by atoms with Gasteiger partial charge in [-0.2, -0.15) is 17.0 Å². The number of nitrogens with one attached hydrogen (secondary N) is 1. The van der Waals surface area contributed by atoms with Crippen LogP contribution in [-0.4, -0.2) is 56.8 Å². The maximum atomic E-state index is 12.1. The third kappa shape index (κ3) is 4.21. The zero-order valence-corrected chi connectivity index (χ0v) is 12.0. The molecule has 0 saturated carbocycles. The summed E-state index contributed by atoms with van der Waals surface area (Å²) in [5, 5.41) is 3.35. The van der Waals surface area contributed by atoms with Crippen LogP contribution in [0.3, 0.4) is 0 Å². The Morgan fingerprint density at radius 1 is 1.35 bits per heavy atom. The van der Waals surface area contributed by atoms with Gasteiger partial charge < -0.3 is 5.32 Å². The van der Waals surface area contributed by atoms with Crippen molar-refractivity contribution in [1.82, 2.24) is 13.9 Å². The minimum absolute atomic E-state index is 0.321. The van der Waals surface area contributed by atoms with Gasteiger partial charge in [0.15, 0.2) is 0 Å². The molecular weight excluding hydrogens is 238 g/mol. The normalized spacial score (nSPS) is 21.6. The molecule has 0 aromatic carbocycles. The summed E-state index contributed by atoms with van der Waals surface area (Å²) in [5.74, 6) is 0. The van der Waals surface area contributed by atoms with E-state index in [0.29, 0.717) is 19.1 Å². The van der Waals surface area contributed by atoms with Crippen molar-refractivity contribution in [3.05, 3.63) is 0 Å². The third-order valence-electron chi connectivity index (χ3n) is 3.14. The van der Waals surface area contributed by atoms with Crippen LogP contribution in [0.4, 0.5) is 0 Å². The van der Waals surface area contributed by atoms with Gasteiger partial charge in [0.2, 0.25) is 0 Å². The van der Waals surface area contributed by atoms with Crippen LogP contribution in [0.2, 0.25) is 0 Å². The van der Waals surface area contributed by atoms with Crippen LogP contribution in [0.25, 0.3) is 0 Å². The van der Waals surface area contributed by atoms with E-state index in [9.17, 15) is 8.42 Å². The van der Waals surface area contributed by atoms with E-state index in [1.54, 1.807) is 18.4 Å². The van der Waals surface area contributed by atoms with Gasteiger partial charge in [-0.1, -0.05) is 13.3 Å². The molecule has 0 aromatic rings. The standard InChI is InChI=1S/C11H25N3O2S/c1-4-5-9-14(17(15,16)13(2)3)10-11-7-6-8-12-11/h11-12H,4-10H2,1-3H3. The van der Waals surface area contributed by atoms with E-state index in [4.69, 9.17) is 0 Å². The minimum atomic E-state index is -3.27. The monoisotopic (exact) mass is 263 g/mol. The summed E-state index contributed by atoms with van der Waals surface area (Å²) in [4.78, 5) is 0. The maximum absolute atomic E-state index is 12.1. The Morgan fingerprint density at radius 3 is 2.53 bits per heavy atom. The Morgan fingerprint density at radius 2 is 2.06 bits per heavy atom. The number of hydrogen-bond donors (Lipinski definition) is 1. The molecule has 0 aliphatic carbocycles. The van der Waals surface area contributed by atoms with Gasteiger partial charge in [-0.05, 0) is 25.8 Å². The fourth-order valence-corrected chi connectivity index (χ4v) is 3.21. The van der Waals surface area contributed by atoms with Crippen molar-refractivity contribution in [3.63, 3.8) is 0 Å². The maximum Gasteiger partial charge on any atom is 0.281 e. The van der Waals surface area contributed by atoms with Gasteiger partial charge in [0, 0.05) is 33.2 Å². The van der Waals surface area contributed by atoms with Gasteiger partial charge in [0.25, 0.3) is 10.2 Å². The van der Waals surface area contributed by atoms with E-state index < -0.39 is 10.2 Å². The van der Waals surface area contributed by atoms with Gasteiger partial charge in [0.1, 0.15) is 0 Å². The molecule has 1 saturated heterocycles. The van der Waals surface area contributed by atoms with Crippen molar-refractivity contribution in [2.75, 3.05) is 33.7 Å². The van der Waals surface area contributed by atoms with Gasteiger partial charge in [0.05, 0.1) is 0 Å². The summed E-state index contributed by atoms with van der Waals surface area (Å²) in [7, 11) is -0.0848. The Balaban J connectivity index is 2.65. The number of unbranched alkanes of at least 4 members (excludes halogenated alkanes) is 1. The van der Waals surface area contributed by atoms with Crippen LogP contribution in [0.1, 0.15) is 32.6 Å². The average molecular weight is 263 g/mol. The first-order valence-corrected chi connectivity index (χ1v) is 7.79. The zero-order valence-electron chi connectivity index (χ0n) is 11.1. The molecule has 1 unspecified atom stereocenters. The predicted octanol–water partition coefficient (Wildman–Crippen LogP) is 0.647. The lowest BCUT2D eigenvalue weighted by Gasteiger charge is -2.27. The molecule has 0 aromatic heterocycles. The lowest BCUT2D eigenvalue weighted by Crippen LogP contribution is -2.46. The molecule has 1 rings (SSSR count). The lowest BCUT2D eigenvalue weighted by atomic mass is 10.2. The van der Waals surface area contributed by atoms with Crippen molar-refractivity contribution in [2.24, 2.45) is 0 Å². The molecule has 0 spiro atoms. The van der Waals surface area contributed by atoms with Crippen LogP contribution in [0.15, 0.2) is 0 Å². The van der Waals surface area contributed by atoms with Crippen LogP contribution >= 0.6 is 0 Å². The molecule has 1 aliphatic heterocycles. The molecule has 6 heteroatoms. The molecular formula is C11H25N3O2S. The molecule has 1 heterocycles. The Labute approximate surface area is 105 Å². The number of rotatable bonds is 7. The summed E-state index contributed by atoms with van der Waals surface area (Å²) in [6.45, 7) is 4.30. The summed E-state index contributed by atoms with van der Waals surface area (Å²) >= 11 is 0. The SMILES string of the molecule is CCCCN(CC1CCCN1)S(=O)(=O)N(C)C. The van der Waals surface area contributed by atoms with E-state index in [1.165, 1.54) is 4.31 Å². The van der Waals surface area contributed by atoms with Gasteiger partial charge >= 0.3 is 0 Å². The van der Waals surface area contributed by atoms with E-state index in [-0.39, 0.29) is 0 Å². The third-order valence-corrected chi connectivity index (χ3v) is 5.04. The average Bonchev–Trinajstić information content (AvgIpc) is 2.76. The molecule has 1 atom stereocenters. The van der Waals surface area contributed by atoms with Crippen molar-refractivity contribution in [2.45, 2.75) is 38.6 Å². The molecule has 102 valence electrons. The van der Waals surface area contributed by atoms with Crippen LogP contribution in [-0.2, 0) is 10.2 Å². The van der Waals surface area contributed by atoms with Gasteiger partial charge in [-0.15, -0.1) is 0 Å². The first kappa shape index (κ1) is 14.9. The van der Waals surface area contributed by atoms with E-state index in [1.807, 2.05) is 0 Å². The van der Waals surface area contributed by atoms with Crippen LogP contribution in [0, 0.1) is 0 Å². The summed E-state index contributed by atoms with van der Waals surface area (Å²) < 4.78 is 27.2. The fraction of sp³-hybridized carbons (Fsp3) is 1.00. The highest BCUT2D eigenvalue weighted by molar-refractivity contribution is 7.86. The van der Waals surface area contributed by atoms with E-state index >= 15 is 0 Å². The molecule has 5 nitrogen and oxygen atoms in total. The van der Waals surface area contributed by atoms with Crippen molar-refractivity contribution >= 4 is 10.2 Å². The fourth-order valence-electron chi connectivity index (χ4n) is 2.02. The molecule has 0 radical (unpaired) electrons. The second kappa shape index (κ2) is 6.68. The number of hydrogen-bond acceptors (Lipinski definition) is 3. The molecule has 1 fully saturated rings. The predicted molar refractivity (Wildman–Crippen MR) is 70.1 cm³/mol. The van der Waals surface area contributed by atoms with Crippen molar-refractivity contribution < 1.29 is 8.42 Å².